The predicted molar refractivity (Wildman–Crippen MR) is 60.6 cm³/mol. The van der Waals surface area contributed by atoms with Crippen LogP contribution in [0.15, 0.2) is 10.9 Å². The van der Waals surface area contributed by atoms with Gasteiger partial charge in [0.05, 0.1) is 5.69 Å². The predicted octanol–water partition coefficient (Wildman–Crippen LogP) is 1.06. The molecule has 0 spiro atoms. The van der Waals surface area contributed by atoms with Gasteiger partial charge in [0.25, 0.3) is 5.56 Å². The highest BCUT2D eigenvalue weighted by Crippen LogP contribution is 2.02. The molecule has 0 saturated heterocycles. The van der Waals surface area contributed by atoms with E-state index in [1.807, 2.05) is 6.92 Å². The van der Waals surface area contributed by atoms with E-state index < -0.39 is 0 Å². The summed E-state index contributed by atoms with van der Waals surface area (Å²) in [6.07, 6.45) is 0.967. The number of rotatable bonds is 4. The van der Waals surface area contributed by atoms with E-state index in [0.717, 1.165) is 17.7 Å². The van der Waals surface area contributed by atoms with Crippen LogP contribution in [0.4, 0.5) is 0 Å². The van der Waals surface area contributed by atoms with Gasteiger partial charge in [0.1, 0.15) is 0 Å². The maximum Gasteiger partial charge on any atom is 0.267 e. The molecule has 15 heavy (non-hydrogen) atoms. The zero-order valence-corrected chi connectivity index (χ0v) is 9.66. The first-order valence-electron chi connectivity index (χ1n) is 5.32. The summed E-state index contributed by atoms with van der Waals surface area (Å²) >= 11 is 0. The molecule has 84 valence electrons. The second-order valence-corrected chi connectivity index (χ2v) is 4.20. The summed E-state index contributed by atoms with van der Waals surface area (Å²) in [7, 11) is 0. The van der Waals surface area contributed by atoms with E-state index in [1.54, 1.807) is 6.07 Å². The van der Waals surface area contributed by atoms with E-state index in [0.29, 0.717) is 19.0 Å². The second-order valence-electron chi connectivity index (χ2n) is 4.20. The number of nitrogens with two attached hydrogens (primary N) is 1. The van der Waals surface area contributed by atoms with Crippen LogP contribution in [0.1, 0.15) is 31.5 Å². The van der Waals surface area contributed by atoms with Gasteiger partial charge in [-0.15, -0.1) is 0 Å². The van der Waals surface area contributed by atoms with Crippen LogP contribution in [0.5, 0.6) is 0 Å². The molecular formula is C11H19N3O. The maximum absolute atomic E-state index is 11.6. The second kappa shape index (κ2) is 5.07. The van der Waals surface area contributed by atoms with Crippen molar-refractivity contribution in [3.63, 3.8) is 0 Å². The van der Waals surface area contributed by atoms with Crippen molar-refractivity contribution in [2.75, 3.05) is 0 Å². The molecule has 4 heteroatoms. The quantitative estimate of drug-likeness (QED) is 0.806. The maximum atomic E-state index is 11.6. The highest BCUT2D eigenvalue weighted by atomic mass is 16.1. The number of aryl methyl sites for hydroxylation is 2. The van der Waals surface area contributed by atoms with E-state index in [-0.39, 0.29) is 5.56 Å². The molecule has 2 N–H and O–H groups in total. The molecule has 0 aromatic carbocycles. The minimum Gasteiger partial charge on any atom is -0.326 e. The fourth-order valence-corrected chi connectivity index (χ4v) is 1.37. The Morgan fingerprint density at radius 2 is 2.20 bits per heavy atom. The summed E-state index contributed by atoms with van der Waals surface area (Å²) in [6.45, 7) is 7.20. The molecule has 0 atom stereocenters. The third kappa shape index (κ3) is 3.16. The third-order valence-corrected chi connectivity index (χ3v) is 2.43. The van der Waals surface area contributed by atoms with E-state index in [4.69, 9.17) is 5.73 Å². The molecule has 0 amide bonds. The molecule has 0 saturated carbocycles. The van der Waals surface area contributed by atoms with Crippen LogP contribution in [-0.4, -0.2) is 9.78 Å². The minimum atomic E-state index is -0.0540. The van der Waals surface area contributed by atoms with Crippen LogP contribution in [0.2, 0.25) is 0 Å². The average molecular weight is 209 g/mol. The van der Waals surface area contributed by atoms with Crippen LogP contribution in [0.25, 0.3) is 0 Å². The van der Waals surface area contributed by atoms with Gasteiger partial charge in [-0.05, 0) is 24.8 Å². The molecule has 0 bridgehead atoms. The summed E-state index contributed by atoms with van der Waals surface area (Å²) in [5.41, 5.74) is 7.13. The van der Waals surface area contributed by atoms with Gasteiger partial charge >= 0.3 is 0 Å². The number of aromatic nitrogens is 2. The van der Waals surface area contributed by atoms with Crippen molar-refractivity contribution in [2.24, 2.45) is 11.7 Å². The first-order chi connectivity index (χ1) is 7.04. The Kier molecular flexibility index (Phi) is 4.03. The Labute approximate surface area is 90.1 Å². The highest BCUT2D eigenvalue weighted by Gasteiger charge is 2.04. The van der Waals surface area contributed by atoms with Crippen LogP contribution < -0.4 is 11.3 Å². The lowest BCUT2D eigenvalue weighted by Gasteiger charge is -2.09. The Balaban J connectivity index is 2.90. The lowest BCUT2D eigenvalue weighted by molar-refractivity contribution is 0.467. The van der Waals surface area contributed by atoms with E-state index in [2.05, 4.69) is 18.9 Å². The fourth-order valence-electron chi connectivity index (χ4n) is 1.37. The molecule has 0 fully saturated rings. The molecule has 1 heterocycles. The van der Waals surface area contributed by atoms with E-state index in [9.17, 15) is 4.79 Å². The van der Waals surface area contributed by atoms with Crippen molar-refractivity contribution in [3.05, 3.63) is 27.7 Å². The summed E-state index contributed by atoms with van der Waals surface area (Å²) in [5.74, 6) is 0.577. The van der Waals surface area contributed by atoms with Crippen LogP contribution >= 0.6 is 0 Å². The normalized spacial score (nSPS) is 11.0. The Morgan fingerprint density at radius 3 is 2.73 bits per heavy atom. The fraction of sp³-hybridized carbons (Fsp3) is 0.636. The Bertz CT molecular complexity index is 382. The van der Waals surface area contributed by atoms with E-state index >= 15 is 0 Å². The molecular weight excluding hydrogens is 190 g/mol. The first kappa shape index (κ1) is 11.9. The van der Waals surface area contributed by atoms with Crippen molar-refractivity contribution < 1.29 is 0 Å². The lowest BCUT2D eigenvalue weighted by atomic mass is 10.1. The van der Waals surface area contributed by atoms with Crippen LogP contribution in [-0.2, 0) is 13.1 Å². The number of hydrogen-bond donors (Lipinski definition) is 1. The molecule has 1 rings (SSSR count). The standard InChI is InChI=1S/C11H19N3O/c1-8(2)4-5-14-11(15)6-10(7-12)9(3)13-14/h6,8H,4-5,7,12H2,1-3H3. The van der Waals surface area contributed by atoms with Crippen LogP contribution in [0, 0.1) is 12.8 Å². The van der Waals surface area contributed by atoms with Crippen molar-refractivity contribution in [2.45, 2.75) is 40.3 Å². The zero-order valence-electron chi connectivity index (χ0n) is 9.66. The van der Waals surface area contributed by atoms with Gasteiger partial charge in [0, 0.05) is 19.2 Å². The zero-order chi connectivity index (χ0) is 11.4. The molecule has 0 unspecified atom stereocenters. The van der Waals surface area contributed by atoms with Crippen LogP contribution in [0.3, 0.4) is 0 Å². The summed E-state index contributed by atoms with van der Waals surface area (Å²) < 4.78 is 1.52. The van der Waals surface area contributed by atoms with Crippen molar-refractivity contribution in [1.29, 1.82) is 0 Å². The topological polar surface area (TPSA) is 60.9 Å². The average Bonchev–Trinajstić information content (AvgIpc) is 2.18. The SMILES string of the molecule is Cc1nn(CCC(C)C)c(=O)cc1CN. The molecule has 0 aliphatic carbocycles. The molecule has 0 radical (unpaired) electrons. The van der Waals surface area contributed by atoms with Gasteiger partial charge in [-0.25, -0.2) is 4.68 Å². The molecule has 4 nitrogen and oxygen atoms in total. The minimum absolute atomic E-state index is 0.0540. The highest BCUT2D eigenvalue weighted by molar-refractivity contribution is 5.15. The molecule has 0 aliphatic heterocycles. The Morgan fingerprint density at radius 1 is 1.53 bits per heavy atom. The summed E-state index contributed by atoms with van der Waals surface area (Å²) in [6, 6.07) is 1.59. The lowest BCUT2D eigenvalue weighted by Crippen LogP contribution is -2.25. The van der Waals surface area contributed by atoms with Crippen molar-refractivity contribution >= 4 is 0 Å². The third-order valence-electron chi connectivity index (χ3n) is 2.43. The number of nitrogens with zero attached hydrogens (tertiary/aromatic N) is 2. The largest absolute Gasteiger partial charge is 0.326 e. The monoisotopic (exact) mass is 209 g/mol. The van der Waals surface area contributed by atoms with Gasteiger partial charge in [0.15, 0.2) is 0 Å². The summed E-state index contributed by atoms with van der Waals surface area (Å²) in [4.78, 5) is 11.6. The van der Waals surface area contributed by atoms with Gasteiger partial charge in [-0.1, -0.05) is 13.8 Å². The van der Waals surface area contributed by atoms with E-state index in [1.165, 1.54) is 4.68 Å². The van der Waals surface area contributed by atoms with Crippen molar-refractivity contribution in [3.8, 4) is 0 Å². The smallest absolute Gasteiger partial charge is 0.267 e. The number of hydrogen-bond acceptors (Lipinski definition) is 3. The van der Waals surface area contributed by atoms with Gasteiger partial charge in [-0.3, -0.25) is 4.79 Å². The van der Waals surface area contributed by atoms with Crippen molar-refractivity contribution in [1.82, 2.24) is 9.78 Å². The first-order valence-corrected chi connectivity index (χ1v) is 5.32. The molecule has 1 aromatic rings. The van der Waals surface area contributed by atoms with Gasteiger partial charge in [-0.2, -0.15) is 5.10 Å². The Hall–Kier alpha value is -1.16. The van der Waals surface area contributed by atoms with Gasteiger partial charge in [0.2, 0.25) is 0 Å². The summed E-state index contributed by atoms with van der Waals surface area (Å²) in [5, 5.41) is 4.24. The van der Waals surface area contributed by atoms with Gasteiger partial charge < -0.3 is 5.73 Å². The molecule has 1 aromatic heterocycles. The molecule has 0 aliphatic rings.